The lowest BCUT2D eigenvalue weighted by atomic mass is 9.91. The maximum atomic E-state index is 6.00. The summed E-state index contributed by atoms with van der Waals surface area (Å²) in [5.41, 5.74) is 8.56. The molecule has 2 atom stereocenters. The number of ether oxygens (including phenoxy) is 1. The van der Waals surface area contributed by atoms with Crippen LogP contribution in [0.5, 0.6) is 0 Å². The lowest BCUT2D eigenvalue weighted by Gasteiger charge is -2.27. The Labute approximate surface area is 110 Å². The Balaban J connectivity index is 1.83. The molecule has 1 aliphatic rings. The maximum absolute atomic E-state index is 6.00. The largest absolute Gasteiger partial charge is 0.380 e. The summed E-state index contributed by atoms with van der Waals surface area (Å²) in [7, 11) is 1.73. The third-order valence-electron chi connectivity index (χ3n) is 3.61. The normalized spacial score (nSPS) is 24.1. The number of nitrogens with two attached hydrogens (primary N) is 1. The fraction of sp³-hybridized carbons (Fsp3) is 0.600. The molecule has 1 aromatic rings. The van der Waals surface area contributed by atoms with E-state index in [9.17, 15) is 0 Å². The molecule has 1 aliphatic carbocycles. The molecule has 0 saturated heterocycles. The minimum absolute atomic E-state index is 0.385. The van der Waals surface area contributed by atoms with Gasteiger partial charge >= 0.3 is 0 Å². The van der Waals surface area contributed by atoms with Crippen LogP contribution in [0.15, 0.2) is 24.3 Å². The topological polar surface area (TPSA) is 47.3 Å². The second-order valence-corrected chi connectivity index (χ2v) is 5.26. The van der Waals surface area contributed by atoms with Gasteiger partial charge in [-0.2, -0.15) is 0 Å². The van der Waals surface area contributed by atoms with Crippen LogP contribution in [0.2, 0.25) is 0 Å². The van der Waals surface area contributed by atoms with Crippen molar-refractivity contribution in [2.24, 2.45) is 5.73 Å². The van der Waals surface area contributed by atoms with Gasteiger partial charge < -0.3 is 15.8 Å². The van der Waals surface area contributed by atoms with E-state index in [4.69, 9.17) is 10.5 Å². The van der Waals surface area contributed by atoms with Gasteiger partial charge in [-0.15, -0.1) is 0 Å². The second-order valence-electron chi connectivity index (χ2n) is 5.26. The number of nitrogens with one attached hydrogen (secondary N) is 1. The lowest BCUT2D eigenvalue weighted by molar-refractivity contribution is 0.185. The Bertz CT molecular complexity index is 367. The molecule has 0 aliphatic heterocycles. The molecule has 3 heteroatoms. The van der Waals surface area contributed by atoms with Crippen LogP contribution in [0.1, 0.15) is 36.8 Å². The van der Waals surface area contributed by atoms with Crippen molar-refractivity contribution in [3.63, 3.8) is 0 Å². The Hall–Kier alpha value is -0.900. The van der Waals surface area contributed by atoms with E-state index in [0.29, 0.717) is 18.7 Å². The van der Waals surface area contributed by atoms with Crippen molar-refractivity contribution in [2.75, 3.05) is 7.11 Å². The molecule has 18 heavy (non-hydrogen) atoms. The van der Waals surface area contributed by atoms with Crippen LogP contribution in [0, 0.1) is 0 Å². The molecular formula is C15H24N2O. The molecule has 2 unspecified atom stereocenters. The van der Waals surface area contributed by atoms with Crippen molar-refractivity contribution in [1.29, 1.82) is 0 Å². The van der Waals surface area contributed by atoms with Gasteiger partial charge in [-0.05, 0) is 30.4 Å². The first-order valence-electron chi connectivity index (χ1n) is 6.83. The van der Waals surface area contributed by atoms with Gasteiger partial charge in [0, 0.05) is 25.7 Å². The molecule has 0 amide bonds. The molecule has 1 fully saturated rings. The van der Waals surface area contributed by atoms with E-state index < -0.39 is 0 Å². The van der Waals surface area contributed by atoms with E-state index in [1.807, 2.05) is 0 Å². The zero-order valence-electron chi connectivity index (χ0n) is 11.2. The van der Waals surface area contributed by atoms with Crippen LogP contribution >= 0.6 is 0 Å². The maximum Gasteiger partial charge on any atom is 0.0713 e. The van der Waals surface area contributed by atoms with Crippen molar-refractivity contribution in [1.82, 2.24) is 5.32 Å². The molecular weight excluding hydrogens is 224 g/mol. The van der Waals surface area contributed by atoms with Gasteiger partial charge in [0.15, 0.2) is 0 Å². The first-order valence-corrected chi connectivity index (χ1v) is 6.83. The Kier molecular flexibility index (Phi) is 5.17. The van der Waals surface area contributed by atoms with Crippen molar-refractivity contribution < 1.29 is 4.74 Å². The Morgan fingerprint density at radius 2 is 2.17 bits per heavy atom. The van der Waals surface area contributed by atoms with E-state index in [2.05, 4.69) is 29.6 Å². The van der Waals surface area contributed by atoms with Gasteiger partial charge in [0.2, 0.25) is 0 Å². The lowest BCUT2D eigenvalue weighted by Crippen LogP contribution is -2.39. The van der Waals surface area contributed by atoms with Crippen molar-refractivity contribution in [3.05, 3.63) is 35.4 Å². The summed E-state index contributed by atoms with van der Waals surface area (Å²) in [6, 6.07) is 9.53. The SMILES string of the molecule is COCc1cccc(CNC2CCCC(N)C2)c1. The molecule has 0 heterocycles. The Morgan fingerprint density at radius 1 is 1.33 bits per heavy atom. The number of hydrogen-bond donors (Lipinski definition) is 2. The molecule has 1 saturated carbocycles. The fourth-order valence-corrected chi connectivity index (χ4v) is 2.67. The van der Waals surface area contributed by atoms with Gasteiger partial charge in [-0.25, -0.2) is 0 Å². The summed E-state index contributed by atoms with van der Waals surface area (Å²) in [5, 5.41) is 3.62. The average Bonchev–Trinajstić information content (AvgIpc) is 2.37. The summed E-state index contributed by atoms with van der Waals surface area (Å²) >= 11 is 0. The molecule has 2 rings (SSSR count). The summed E-state index contributed by atoms with van der Waals surface area (Å²) in [6.07, 6.45) is 4.80. The molecule has 0 bridgehead atoms. The monoisotopic (exact) mass is 248 g/mol. The number of hydrogen-bond acceptors (Lipinski definition) is 3. The third-order valence-corrected chi connectivity index (χ3v) is 3.61. The Morgan fingerprint density at radius 3 is 2.94 bits per heavy atom. The highest BCUT2D eigenvalue weighted by Gasteiger charge is 2.18. The summed E-state index contributed by atoms with van der Waals surface area (Å²) in [5.74, 6) is 0. The standard InChI is InChI=1S/C15H24N2O/c1-18-11-13-5-2-4-12(8-13)10-17-15-7-3-6-14(16)9-15/h2,4-5,8,14-15,17H,3,6-7,9-11,16H2,1H3. The fourth-order valence-electron chi connectivity index (χ4n) is 2.67. The second kappa shape index (κ2) is 6.88. The molecule has 0 spiro atoms. The minimum Gasteiger partial charge on any atom is -0.380 e. The molecule has 0 aromatic heterocycles. The average molecular weight is 248 g/mol. The van der Waals surface area contributed by atoms with E-state index in [1.54, 1.807) is 7.11 Å². The van der Waals surface area contributed by atoms with Gasteiger partial charge in [0.1, 0.15) is 0 Å². The van der Waals surface area contributed by atoms with E-state index in [1.165, 1.54) is 30.4 Å². The van der Waals surface area contributed by atoms with Crippen molar-refractivity contribution in [2.45, 2.75) is 50.9 Å². The van der Waals surface area contributed by atoms with Crippen LogP contribution in [-0.4, -0.2) is 19.2 Å². The predicted molar refractivity (Wildman–Crippen MR) is 74.2 cm³/mol. The molecule has 0 radical (unpaired) electrons. The number of benzene rings is 1. The molecule has 100 valence electrons. The molecule has 1 aromatic carbocycles. The van der Waals surface area contributed by atoms with E-state index in [-0.39, 0.29) is 0 Å². The van der Waals surface area contributed by atoms with Gasteiger partial charge in [-0.1, -0.05) is 30.7 Å². The van der Waals surface area contributed by atoms with Gasteiger partial charge in [-0.3, -0.25) is 0 Å². The summed E-state index contributed by atoms with van der Waals surface area (Å²) in [6.45, 7) is 1.61. The van der Waals surface area contributed by atoms with Crippen LogP contribution in [-0.2, 0) is 17.9 Å². The highest BCUT2D eigenvalue weighted by Crippen LogP contribution is 2.17. The zero-order valence-corrected chi connectivity index (χ0v) is 11.2. The third kappa shape index (κ3) is 4.09. The quantitative estimate of drug-likeness (QED) is 0.839. The van der Waals surface area contributed by atoms with Gasteiger partial charge in [0.05, 0.1) is 6.61 Å². The summed E-state index contributed by atoms with van der Waals surface area (Å²) in [4.78, 5) is 0. The van der Waals surface area contributed by atoms with Crippen molar-refractivity contribution >= 4 is 0 Å². The highest BCUT2D eigenvalue weighted by molar-refractivity contribution is 5.22. The number of rotatable bonds is 5. The van der Waals surface area contributed by atoms with Crippen LogP contribution in [0.4, 0.5) is 0 Å². The minimum atomic E-state index is 0.385. The highest BCUT2D eigenvalue weighted by atomic mass is 16.5. The predicted octanol–water partition coefficient (Wildman–Crippen LogP) is 2.19. The summed E-state index contributed by atoms with van der Waals surface area (Å²) < 4.78 is 5.15. The first kappa shape index (κ1) is 13.5. The molecule has 3 nitrogen and oxygen atoms in total. The zero-order chi connectivity index (χ0) is 12.8. The number of methoxy groups -OCH3 is 1. The van der Waals surface area contributed by atoms with Crippen LogP contribution < -0.4 is 11.1 Å². The van der Waals surface area contributed by atoms with Crippen molar-refractivity contribution in [3.8, 4) is 0 Å². The first-order chi connectivity index (χ1) is 8.78. The van der Waals surface area contributed by atoms with E-state index >= 15 is 0 Å². The van der Waals surface area contributed by atoms with E-state index in [0.717, 1.165) is 13.0 Å². The van der Waals surface area contributed by atoms with Crippen LogP contribution in [0.3, 0.4) is 0 Å². The van der Waals surface area contributed by atoms with Gasteiger partial charge in [0.25, 0.3) is 0 Å². The van der Waals surface area contributed by atoms with Crippen LogP contribution in [0.25, 0.3) is 0 Å². The molecule has 3 N–H and O–H groups in total. The smallest absolute Gasteiger partial charge is 0.0713 e.